The molecule has 0 aliphatic heterocycles. The van der Waals surface area contributed by atoms with Gasteiger partial charge in [-0.2, -0.15) is 0 Å². The van der Waals surface area contributed by atoms with Crippen LogP contribution in [0.5, 0.6) is 0 Å². The van der Waals surface area contributed by atoms with Crippen LogP contribution in [0.25, 0.3) is 0 Å². The van der Waals surface area contributed by atoms with Crippen LogP contribution < -0.4 is 0 Å². The van der Waals surface area contributed by atoms with Gasteiger partial charge in [-0.05, 0) is 0 Å². The minimum atomic E-state index is -4.57. The molecule has 0 radical (unpaired) electrons. The predicted octanol–water partition coefficient (Wildman–Crippen LogP) is -1.71. The van der Waals surface area contributed by atoms with E-state index in [2.05, 4.69) is 4.52 Å². The molecule has 0 saturated carbocycles. The van der Waals surface area contributed by atoms with E-state index < -0.39 is 27.1 Å². The summed E-state index contributed by atoms with van der Waals surface area (Å²) in [5, 5.41) is 16.5. The molecule has 0 aliphatic carbocycles. The fourth-order valence-corrected chi connectivity index (χ4v) is 0.840. The Labute approximate surface area is 96.4 Å². The summed E-state index contributed by atoms with van der Waals surface area (Å²) in [6, 6.07) is 0. The molecule has 4 N–H and O–H groups in total. The number of hydrogen-bond acceptors (Lipinski definition) is 4. The number of phosphoric ester groups is 1. The number of aliphatic hydroxyl groups is 2. The maximum absolute atomic E-state index is 10.0. The first-order chi connectivity index (χ1) is 4.49. The topological polar surface area (TPSA) is 107 Å². The summed E-state index contributed by atoms with van der Waals surface area (Å²) < 4.78 is 13.9. The zero-order valence-corrected chi connectivity index (χ0v) is 8.85. The number of rotatable bonds is 4. The van der Waals surface area contributed by atoms with Gasteiger partial charge >= 0.3 is 45.6 Å². The molecule has 0 fully saturated rings. The Hall–Kier alpha value is 1.29. The molecule has 0 heterocycles. The number of hydrogen-bond donors (Lipinski definition) is 4. The molecule has 0 amide bonds. The second-order valence-corrected chi connectivity index (χ2v) is 2.78. The Kier molecular flexibility index (Phi) is 9.10. The molecule has 0 unspecified atom stereocenters. The van der Waals surface area contributed by atoms with E-state index in [0.29, 0.717) is 0 Å². The van der Waals surface area contributed by atoms with Crippen LogP contribution in [0.4, 0.5) is 0 Å². The van der Waals surface area contributed by atoms with Crippen LogP contribution >= 0.6 is 7.82 Å². The van der Waals surface area contributed by atoms with Gasteiger partial charge in [0, 0.05) is 0 Å². The van der Waals surface area contributed by atoms with E-state index in [1.807, 2.05) is 0 Å². The van der Waals surface area contributed by atoms with Gasteiger partial charge in [0.15, 0.2) is 0 Å². The quantitative estimate of drug-likeness (QED) is 0.328. The Balaban J connectivity index is -0.000000135. The van der Waals surface area contributed by atoms with Crippen molar-refractivity contribution in [1.29, 1.82) is 0 Å². The van der Waals surface area contributed by atoms with Crippen LogP contribution in [0.1, 0.15) is 2.85 Å². The first kappa shape index (κ1) is 14.8. The van der Waals surface area contributed by atoms with Gasteiger partial charge in [-0.15, -0.1) is 0 Å². The molecule has 0 aromatic rings. The van der Waals surface area contributed by atoms with Gasteiger partial charge in [-0.1, -0.05) is 0 Å². The largest absolute Gasteiger partial charge is 2.00 e. The van der Waals surface area contributed by atoms with E-state index in [1.54, 1.807) is 0 Å². The molecule has 11 heavy (non-hydrogen) atoms. The fourth-order valence-electron chi connectivity index (χ4n) is 0.319. The Morgan fingerprint density at radius 1 is 1.36 bits per heavy atom. The maximum Gasteiger partial charge on any atom is 2.00 e. The third kappa shape index (κ3) is 9.20. The van der Waals surface area contributed by atoms with Crippen molar-refractivity contribution in [3.8, 4) is 0 Å². The molecule has 0 bridgehead atoms. The number of phosphoric acid groups is 1. The first-order valence-electron chi connectivity index (χ1n) is 2.45. The van der Waals surface area contributed by atoms with Crippen LogP contribution in [0.3, 0.4) is 0 Å². The van der Waals surface area contributed by atoms with Crippen LogP contribution in [0.2, 0.25) is 0 Å². The molecular formula is C3H11CaO6P. The first-order valence-corrected chi connectivity index (χ1v) is 3.98. The van der Waals surface area contributed by atoms with Crippen molar-refractivity contribution in [3.05, 3.63) is 0 Å². The van der Waals surface area contributed by atoms with E-state index in [1.165, 1.54) is 0 Å². The van der Waals surface area contributed by atoms with Crippen LogP contribution in [0.15, 0.2) is 0 Å². The Morgan fingerprint density at radius 3 is 1.82 bits per heavy atom. The fraction of sp³-hybridized carbons (Fsp3) is 1.00. The van der Waals surface area contributed by atoms with Gasteiger partial charge in [0.25, 0.3) is 0 Å². The van der Waals surface area contributed by atoms with Crippen molar-refractivity contribution in [2.75, 3.05) is 13.2 Å². The zero-order chi connectivity index (χ0) is 8.20. The summed E-state index contributed by atoms with van der Waals surface area (Å²) in [4.78, 5) is 16.2. The standard InChI is InChI=1S/C3H9O6P.Ca.2H/c4-1-3(2-5)9-10(6,7)8;;;/h3-5H,1-2H2,(H2,6,7,8);;;/q;+2;2*-1. The molecule has 66 valence electrons. The summed E-state index contributed by atoms with van der Waals surface area (Å²) in [5.41, 5.74) is 0. The van der Waals surface area contributed by atoms with Crippen molar-refractivity contribution >= 4 is 45.6 Å². The SMILES string of the molecule is O=P(O)(O)OC(CO)CO.[Ca+2].[H-].[H-]. The second-order valence-electron chi connectivity index (χ2n) is 1.58. The minimum Gasteiger partial charge on any atom is -1.00 e. The summed E-state index contributed by atoms with van der Waals surface area (Å²) in [5.74, 6) is 0. The molecule has 0 atom stereocenters. The predicted molar refractivity (Wildman–Crippen MR) is 39.1 cm³/mol. The van der Waals surface area contributed by atoms with Gasteiger partial charge in [-0.25, -0.2) is 4.57 Å². The number of aliphatic hydroxyl groups excluding tert-OH is 2. The van der Waals surface area contributed by atoms with Crippen LogP contribution in [-0.2, 0) is 9.09 Å². The molecule has 8 heteroatoms. The minimum absolute atomic E-state index is 0. The Morgan fingerprint density at radius 2 is 1.73 bits per heavy atom. The van der Waals surface area contributed by atoms with Crippen molar-refractivity contribution in [3.63, 3.8) is 0 Å². The van der Waals surface area contributed by atoms with E-state index in [0.717, 1.165) is 0 Å². The van der Waals surface area contributed by atoms with Gasteiger partial charge in [-0.3, -0.25) is 4.52 Å². The molecule has 0 aromatic carbocycles. The van der Waals surface area contributed by atoms with Crippen LogP contribution in [0, 0.1) is 0 Å². The van der Waals surface area contributed by atoms with E-state index in [4.69, 9.17) is 20.0 Å². The second kappa shape index (κ2) is 6.77. The monoisotopic (exact) mass is 214 g/mol. The molecular weight excluding hydrogens is 203 g/mol. The third-order valence-electron chi connectivity index (χ3n) is 0.694. The van der Waals surface area contributed by atoms with E-state index >= 15 is 0 Å². The average Bonchev–Trinajstić information content (AvgIpc) is 1.81. The third-order valence-corrected chi connectivity index (χ3v) is 1.27. The zero-order valence-electron chi connectivity index (χ0n) is 7.75. The summed E-state index contributed by atoms with van der Waals surface area (Å²) >= 11 is 0. The van der Waals surface area contributed by atoms with Crippen molar-refractivity contribution in [2.45, 2.75) is 6.10 Å². The van der Waals surface area contributed by atoms with E-state index in [-0.39, 0.29) is 40.6 Å². The molecule has 0 spiro atoms. The van der Waals surface area contributed by atoms with Gasteiger partial charge in [0.1, 0.15) is 6.10 Å². The van der Waals surface area contributed by atoms with Crippen molar-refractivity contribution in [2.24, 2.45) is 0 Å². The molecule has 0 rings (SSSR count). The molecule has 0 aliphatic rings. The summed E-state index contributed by atoms with van der Waals surface area (Å²) in [6.45, 7) is -1.25. The summed E-state index contributed by atoms with van der Waals surface area (Å²) in [7, 11) is -4.57. The average molecular weight is 214 g/mol. The van der Waals surface area contributed by atoms with Gasteiger partial charge in [0.2, 0.25) is 0 Å². The molecule has 0 aromatic heterocycles. The normalized spacial score (nSPS) is 11.4. The molecule has 6 nitrogen and oxygen atoms in total. The van der Waals surface area contributed by atoms with Crippen molar-refractivity contribution in [1.82, 2.24) is 0 Å². The van der Waals surface area contributed by atoms with Crippen molar-refractivity contribution < 1.29 is 31.9 Å². The smallest absolute Gasteiger partial charge is 1.00 e. The van der Waals surface area contributed by atoms with Gasteiger partial charge < -0.3 is 22.9 Å². The maximum atomic E-state index is 10.0. The van der Waals surface area contributed by atoms with Crippen LogP contribution in [-0.4, -0.2) is 77.1 Å². The summed E-state index contributed by atoms with van der Waals surface area (Å²) in [6.07, 6.45) is -1.21. The van der Waals surface area contributed by atoms with E-state index in [9.17, 15) is 4.57 Å². The molecule has 0 saturated heterocycles. The van der Waals surface area contributed by atoms with Gasteiger partial charge in [0.05, 0.1) is 13.2 Å². The Bertz CT molecular complexity index is 138.